The van der Waals surface area contributed by atoms with E-state index in [1.165, 1.54) is 0 Å². The van der Waals surface area contributed by atoms with Crippen molar-refractivity contribution in [3.05, 3.63) is 0 Å². The van der Waals surface area contributed by atoms with Crippen LogP contribution in [-0.2, 0) is 4.74 Å². The van der Waals surface area contributed by atoms with E-state index < -0.39 is 18.4 Å². The first-order valence-corrected chi connectivity index (χ1v) is 4.73. The maximum absolute atomic E-state index is 13.0. The van der Waals surface area contributed by atoms with Crippen LogP contribution in [0.2, 0.25) is 0 Å². The molecule has 0 aromatic carbocycles. The molecule has 13 heavy (non-hydrogen) atoms. The molecule has 2 unspecified atom stereocenters. The van der Waals surface area contributed by atoms with Crippen molar-refractivity contribution in [2.75, 3.05) is 6.61 Å². The summed E-state index contributed by atoms with van der Waals surface area (Å²) in [5.41, 5.74) is -0.0369. The number of hydrogen-bond donors (Lipinski definition) is 0. The van der Waals surface area contributed by atoms with Crippen molar-refractivity contribution in [1.29, 1.82) is 0 Å². The van der Waals surface area contributed by atoms with Crippen LogP contribution in [0.1, 0.15) is 34.1 Å². The number of hydrogen-bond acceptors (Lipinski definition) is 1. The summed E-state index contributed by atoms with van der Waals surface area (Å²) in [4.78, 5) is 0. The second-order valence-electron chi connectivity index (χ2n) is 5.06. The molecule has 2 atom stereocenters. The highest BCUT2D eigenvalue weighted by molar-refractivity contribution is 4.86. The molecule has 0 amide bonds. The number of ether oxygens (including phenoxy) is 1. The Morgan fingerprint density at radius 2 is 1.85 bits per heavy atom. The Balaban J connectivity index is 2.61. The van der Waals surface area contributed by atoms with Crippen molar-refractivity contribution in [2.45, 2.75) is 46.1 Å². The lowest BCUT2D eigenvalue weighted by atomic mass is 9.80. The summed E-state index contributed by atoms with van der Waals surface area (Å²) in [5.74, 6) is -3.20. The van der Waals surface area contributed by atoms with Gasteiger partial charge in [0.15, 0.2) is 0 Å². The van der Waals surface area contributed by atoms with Gasteiger partial charge in [-0.1, -0.05) is 27.7 Å². The number of alkyl halides is 2. The summed E-state index contributed by atoms with van der Waals surface area (Å²) in [6.07, 6.45) is 0.415. The standard InChI is InChI=1S/C10H18F2O/c1-7-5-8(9(2,3)4)13-6-10(7,11)12/h7-8H,5-6H2,1-4H3. The molecule has 0 saturated carbocycles. The van der Waals surface area contributed by atoms with Gasteiger partial charge in [-0.05, 0) is 11.8 Å². The van der Waals surface area contributed by atoms with Crippen LogP contribution in [0.25, 0.3) is 0 Å². The van der Waals surface area contributed by atoms with Gasteiger partial charge in [0.05, 0.1) is 6.10 Å². The second kappa shape index (κ2) is 3.19. The van der Waals surface area contributed by atoms with E-state index in [4.69, 9.17) is 4.74 Å². The van der Waals surface area contributed by atoms with Crippen molar-refractivity contribution in [1.82, 2.24) is 0 Å². The molecule has 1 aliphatic heterocycles. The molecule has 3 heteroatoms. The van der Waals surface area contributed by atoms with E-state index in [1.807, 2.05) is 20.8 Å². The molecule has 1 fully saturated rings. The molecule has 0 bridgehead atoms. The molecule has 1 nitrogen and oxygen atoms in total. The lowest BCUT2D eigenvalue weighted by Gasteiger charge is -2.40. The van der Waals surface area contributed by atoms with Gasteiger partial charge in [0, 0.05) is 5.92 Å². The Morgan fingerprint density at radius 3 is 2.23 bits per heavy atom. The lowest BCUT2D eigenvalue weighted by Crippen LogP contribution is -2.46. The Morgan fingerprint density at radius 1 is 1.31 bits per heavy atom. The Labute approximate surface area is 78.5 Å². The van der Waals surface area contributed by atoms with Crippen LogP contribution in [-0.4, -0.2) is 18.6 Å². The van der Waals surface area contributed by atoms with E-state index >= 15 is 0 Å². The average Bonchev–Trinajstić information content (AvgIpc) is 1.92. The van der Waals surface area contributed by atoms with Gasteiger partial charge in [-0.25, -0.2) is 8.78 Å². The zero-order valence-corrected chi connectivity index (χ0v) is 8.73. The summed E-state index contributed by atoms with van der Waals surface area (Å²) in [5, 5.41) is 0. The fraction of sp³-hybridized carbons (Fsp3) is 1.00. The van der Waals surface area contributed by atoms with Crippen LogP contribution in [0.15, 0.2) is 0 Å². The van der Waals surface area contributed by atoms with Gasteiger partial charge in [-0.15, -0.1) is 0 Å². The molecule has 0 aromatic heterocycles. The van der Waals surface area contributed by atoms with Gasteiger partial charge in [-0.2, -0.15) is 0 Å². The molecular weight excluding hydrogens is 174 g/mol. The van der Waals surface area contributed by atoms with Crippen LogP contribution in [0.4, 0.5) is 8.78 Å². The third kappa shape index (κ3) is 2.39. The first-order valence-electron chi connectivity index (χ1n) is 4.73. The minimum absolute atomic E-state index is 0.0369. The van der Waals surface area contributed by atoms with Crippen LogP contribution >= 0.6 is 0 Å². The Bertz CT molecular complexity index is 184. The fourth-order valence-electron chi connectivity index (χ4n) is 1.52. The zero-order valence-electron chi connectivity index (χ0n) is 8.73. The van der Waals surface area contributed by atoms with Gasteiger partial charge >= 0.3 is 0 Å². The van der Waals surface area contributed by atoms with Gasteiger partial charge in [0.2, 0.25) is 0 Å². The Kier molecular flexibility index (Phi) is 2.68. The maximum Gasteiger partial charge on any atom is 0.273 e. The van der Waals surface area contributed by atoms with Crippen molar-refractivity contribution in [2.24, 2.45) is 11.3 Å². The van der Waals surface area contributed by atoms with Crippen molar-refractivity contribution in [3.63, 3.8) is 0 Å². The number of halogens is 2. The summed E-state index contributed by atoms with van der Waals surface area (Å²) >= 11 is 0. The first-order chi connectivity index (χ1) is 5.73. The molecule has 0 N–H and O–H groups in total. The predicted molar refractivity (Wildman–Crippen MR) is 47.9 cm³/mol. The van der Waals surface area contributed by atoms with Crippen LogP contribution in [0, 0.1) is 11.3 Å². The highest BCUT2D eigenvalue weighted by Crippen LogP contribution is 2.39. The van der Waals surface area contributed by atoms with E-state index in [0.717, 1.165) is 0 Å². The minimum atomic E-state index is -2.64. The van der Waals surface area contributed by atoms with E-state index in [-0.39, 0.29) is 11.5 Å². The first kappa shape index (κ1) is 10.9. The lowest BCUT2D eigenvalue weighted by molar-refractivity contribution is -0.195. The average molecular weight is 192 g/mol. The molecule has 1 rings (SSSR count). The molecule has 0 aliphatic carbocycles. The smallest absolute Gasteiger partial charge is 0.273 e. The molecule has 0 spiro atoms. The highest BCUT2D eigenvalue weighted by Gasteiger charge is 2.45. The number of rotatable bonds is 0. The van der Waals surface area contributed by atoms with Crippen molar-refractivity contribution < 1.29 is 13.5 Å². The second-order valence-corrected chi connectivity index (χ2v) is 5.06. The topological polar surface area (TPSA) is 9.23 Å². The van der Waals surface area contributed by atoms with Crippen LogP contribution in [0.5, 0.6) is 0 Å². The minimum Gasteiger partial charge on any atom is -0.371 e. The zero-order chi connectivity index (χ0) is 10.3. The fourth-order valence-corrected chi connectivity index (χ4v) is 1.52. The quantitative estimate of drug-likeness (QED) is 0.573. The largest absolute Gasteiger partial charge is 0.371 e. The third-order valence-electron chi connectivity index (χ3n) is 2.73. The van der Waals surface area contributed by atoms with Gasteiger partial charge in [-0.3, -0.25) is 0 Å². The van der Waals surface area contributed by atoms with E-state index in [9.17, 15) is 8.78 Å². The van der Waals surface area contributed by atoms with Gasteiger partial charge in [0.1, 0.15) is 6.61 Å². The molecule has 1 saturated heterocycles. The molecule has 1 heterocycles. The molecule has 0 radical (unpaired) electrons. The predicted octanol–water partition coefficient (Wildman–Crippen LogP) is 3.09. The van der Waals surface area contributed by atoms with Gasteiger partial charge < -0.3 is 4.74 Å². The molecular formula is C10H18F2O. The highest BCUT2D eigenvalue weighted by atomic mass is 19.3. The SMILES string of the molecule is CC1CC(C(C)(C)C)OCC1(F)F. The normalized spacial score (nSPS) is 34.6. The third-order valence-corrected chi connectivity index (χ3v) is 2.73. The molecule has 1 aliphatic rings. The van der Waals surface area contributed by atoms with Crippen molar-refractivity contribution >= 4 is 0 Å². The van der Waals surface area contributed by atoms with Crippen molar-refractivity contribution in [3.8, 4) is 0 Å². The summed E-state index contributed by atoms with van der Waals surface area (Å²) in [7, 11) is 0. The maximum atomic E-state index is 13.0. The van der Waals surface area contributed by atoms with Gasteiger partial charge in [0.25, 0.3) is 5.92 Å². The van der Waals surface area contributed by atoms with E-state index in [1.54, 1.807) is 6.92 Å². The van der Waals surface area contributed by atoms with E-state index in [2.05, 4.69) is 0 Å². The monoisotopic (exact) mass is 192 g/mol. The van der Waals surface area contributed by atoms with Crippen LogP contribution in [0.3, 0.4) is 0 Å². The van der Waals surface area contributed by atoms with E-state index in [0.29, 0.717) is 6.42 Å². The molecule has 78 valence electrons. The summed E-state index contributed by atoms with van der Waals surface area (Å²) in [6, 6.07) is 0. The van der Waals surface area contributed by atoms with Crippen LogP contribution < -0.4 is 0 Å². The molecule has 0 aromatic rings. The summed E-state index contributed by atoms with van der Waals surface area (Å²) in [6.45, 7) is 7.24. The summed E-state index contributed by atoms with van der Waals surface area (Å²) < 4.78 is 31.2. The Hall–Kier alpha value is -0.180.